The molecule has 4 rings (SSSR count). The summed E-state index contributed by atoms with van der Waals surface area (Å²) in [6, 6.07) is 15.5. The number of carbonyl (C=O) groups excluding carboxylic acids is 2. The number of hydrogen-bond donors (Lipinski definition) is 2. The number of carbonyl (C=O) groups is 3. The zero-order chi connectivity index (χ0) is 23.5. The fourth-order valence-electron chi connectivity index (χ4n) is 5.09. The van der Waals surface area contributed by atoms with Gasteiger partial charge in [-0.3, -0.25) is 4.79 Å². The highest BCUT2D eigenvalue weighted by molar-refractivity contribution is 5.85. The van der Waals surface area contributed by atoms with E-state index in [1.807, 2.05) is 24.3 Å². The van der Waals surface area contributed by atoms with Crippen LogP contribution in [-0.4, -0.2) is 54.2 Å². The molecule has 0 heterocycles. The molecule has 7 nitrogen and oxygen atoms in total. The molecule has 2 aliphatic rings. The summed E-state index contributed by atoms with van der Waals surface area (Å²) in [6.07, 6.45) is 1.90. The van der Waals surface area contributed by atoms with Crippen molar-refractivity contribution in [3.63, 3.8) is 0 Å². The van der Waals surface area contributed by atoms with Gasteiger partial charge in [-0.15, -0.1) is 0 Å². The van der Waals surface area contributed by atoms with Crippen molar-refractivity contribution < 1.29 is 24.2 Å². The summed E-state index contributed by atoms with van der Waals surface area (Å²) in [5.41, 5.74) is 4.66. The van der Waals surface area contributed by atoms with Crippen LogP contribution in [-0.2, 0) is 14.3 Å². The minimum absolute atomic E-state index is 0.00453. The number of nitrogens with zero attached hydrogens (tertiary/aromatic N) is 1. The summed E-state index contributed by atoms with van der Waals surface area (Å²) >= 11 is 0. The molecule has 0 saturated heterocycles. The first-order chi connectivity index (χ1) is 15.9. The standard InChI is InChI=1S/C26H30N2O5/c1-16(25(30)31)28(2)24(29)18-13-7-8-17(18)14-27-26(32)33-15-23-21-11-5-3-9-19(21)20-10-4-6-12-22(20)23/h3-6,9-12,16-18,23H,7-8,13-15H2,1-2H3,(H,27,32)(H,30,31)/t16-,17?,18?/m0/s1. The van der Waals surface area contributed by atoms with E-state index in [2.05, 4.69) is 29.6 Å². The smallest absolute Gasteiger partial charge is 0.407 e. The van der Waals surface area contributed by atoms with Gasteiger partial charge in [-0.1, -0.05) is 55.0 Å². The predicted octanol–water partition coefficient (Wildman–Crippen LogP) is 3.87. The number of amides is 2. The zero-order valence-corrected chi connectivity index (χ0v) is 19.0. The second kappa shape index (κ2) is 9.65. The number of alkyl carbamates (subject to hydrolysis) is 1. The number of rotatable bonds is 7. The number of nitrogens with one attached hydrogen (secondary N) is 1. The number of fused-ring (bicyclic) bond motifs is 3. The second-order valence-electron chi connectivity index (χ2n) is 8.97. The van der Waals surface area contributed by atoms with Crippen molar-refractivity contribution in [2.24, 2.45) is 11.8 Å². The van der Waals surface area contributed by atoms with Gasteiger partial charge in [0, 0.05) is 25.4 Å². The molecule has 33 heavy (non-hydrogen) atoms. The van der Waals surface area contributed by atoms with Crippen LogP contribution in [0.3, 0.4) is 0 Å². The van der Waals surface area contributed by atoms with Gasteiger partial charge < -0.3 is 20.1 Å². The molecule has 2 aromatic rings. The molecule has 2 amide bonds. The Balaban J connectivity index is 1.33. The molecule has 1 saturated carbocycles. The van der Waals surface area contributed by atoms with Gasteiger partial charge in [-0.05, 0) is 47.9 Å². The highest BCUT2D eigenvalue weighted by Crippen LogP contribution is 2.44. The molecule has 0 radical (unpaired) electrons. The van der Waals surface area contributed by atoms with Gasteiger partial charge in [0.25, 0.3) is 0 Å². The summed E-state index contributed by atoms with van der Waals surface area (Å²) in [4.78, 5) is 37.8. The predicted molar refractivity (Wildman–Crippen MR) is 124 cm³/mol. The Morgan fingerprint density at radius 1 is 1.06 bits per heavy atom. The van der Waals surface area contributed by atoms with Crippen LogP contribution in [0, 0.1) is 11.8 Å². The topological polar surface area (TPSA) is 95.9 Å². The van der Waals surface area contributed by atoms with Crippen molar-refractivity contribution in [2.45, 2.75) is 38.1 Å². The number of carboxylic acids is 1. The van der Waals surface area contributed by atoms with Crippen molar-refractivity contribution in [3.05, 3.63) is 59.7 Å². The Bertz CT molecular complexity index is 1010. The lowest BCUT2D eigenvalue weighted by Gasteiger charge is -2.27. The molecule has 2 unspecified atom stereocenters. The van der Waals surface area contributed by atoms with Gasteiger partial charge in [0.05, 0.1) is 0 Å². The van der Waals surface area contributed by atoms with E-state index in [1.165, 1.54) is 30.0 Å². The Hall–Kier alpha value is -3.35. The average molecular weight is 451 g/mol. The zero-order valence-electron chi connectivity index (χ0n) is 19.0. The Labute approximate surface area is 193 Å². The van der Waals surface area contributed by atoms with Crippen molar-refractivity contribution in [1.82, 2.24) is 10.2 Å². The molecular formula is C26H30N2O5. The average Bonchev–Trinajstić information content (AvgIpc) is 3.42. The lowest BCUT2D eigenvalue weighted by molar-refractivity contribution is -0.150. The molecule has 7 heteroatoms. The fourth-order valence-corrected chi connectivity index (χ4v) is 5.09. The lowest BCUT2D eigenvalue weighted by atomic mass is 9.94. The van der Waals surface area contributed by atoms with Crippen LogP contribution in [0.15, 0.2) is 48.5 Å². The third-order valence-corrected chi connectivity index (χ3v) is 7.11. The maximum atomic E-state index is 12.8. The minimum atomic E-state index is -1.03. The minimum Gasteiger partial charge on any atom is -0.480 e. The summed E-state index contributed by atoms with van der Waals surface area (Å²) in [7, 11) is 1.52. The van der Waals surface area contributed by atoms with E-state index in [-0.39, 0.29) is 30.3 Å². The van der Waals surface area contributed by atoms with Crippen molar-refractivity contribution in [2.75, 3.05) is 20.2 Å². The number of aliphatic carboxylic acids is 1. The van der Waals surface area contributed by atoms with Gasteiger partial charge in [0.2, 0.25) is 5.91 Å². The van der Waals surface area contributed by atoms with Crippen molar-refractivity contribution in [1.29, 1.82) is 0 Å². The molecular weight excluding hydrogens is 420 g/mol. The third kappa shape index (κ3) is 4.58. The van der Waals surface area contributed by atoms with Crippen LogP contribution in [0.5, 0.6) is 0 Å². The highest BCUT2D eigenvalue weighted by Gasteiger charge is 2.37. The SMILES string of the molecule is C[C@@H](C(=O)O)N(C)C(=O)C1CCCC1CNC(=O)OCC1c2ccccc2-c2ccccc21. The van der Waals surface area contributed by atoms with Crippen LogP contribution >= 0.6 is 0 Å². The Morgan fingerprint density at radius 2 is 1.67 bits per heavy atom. The van der Waals surface area contributed by atoms with Gasteiger partial charge in [0.15, 0.2) is 0 Å². The summed E-state index contributed by atoms with van der Waals surface area (Å²) < 4.78 is 5.59. The summed E-state index contributed by atoms with van der Waals surface area (Å²) in [6.45, 7) is 2.08. The maximum absolute atomic E-state index is 12.8. The van der Waals surface area contributed by atoms with Gasteiger partial charge >= 0.3 is 12.1 Å². The fraction of sp³-hybridized carbons (Fsp3) is 0.423. The lowest BCUT2D eigenvalue weighted by Crippen LogP contribution is -2.45. The summed E-state index contributed by atoms with van der Waals surface area (Å²) in [5.74, 6) is -1.53. The Morgan fingerprint density at radius 3 is 2.27 bits per heavy atom. The molecule has 0 aliphatic heterocycles. The number of hydrogen-bond acceptors (Lipinski definition) is 4. The third-order valence-electron chi connectivity index (χ3n) is 7.11. The molecule has 3 atom stereocenters. The first kappa shape index (κ1) is 22.8. The van der Waals surface area contributed by atoms with Crippen LogP contribution in [0.1, 0.15) is 43.2 Å². The van der Waals surface area contributed by atoms with Crippen LogP contribution in [0.4, 0.5) is 4.79 Å². The monoisotopic (exact) mass is 450 g/mol. The molecule has 174 valence electrons. The van der Waals surface area contributed by atoms with E-state index in [9.17, 15) is 19.5 Å². The normalized spacial score (nSPS) is 19.9. The molecule has 2 aromatic carbocycles. The van der Waals surface area contributed by atoms with Gasteiger partial charge in [0.1, 0.15) is 12.6 Å². The first-order valence-corrected chi connectivity index (χ1v) is 11.5. The first-order valence-electron chi connectivity index (χ1n) is 11.5. The number of carboxylic acid groups (broad SMARTS) is 1. The second-order valence-corrected chi connectivity index (χ2v) is 8.97. The van der Waals surface area contributed by atoms with Crippen molar-refractivity contribution >= 4 is 18.0 Å². The van der Waals surface area contributed by atoms with E-state index in [0.717, 1.165) is 24.0 Å². The number of ether oxygens (including phenoxy) is 1. The highest BCUT2D eigenvalue weighted by atomic mass is 16.5. The van der Waals surface area contributed by atoms with Gasteiger partial charge in [-0.25, -0.2) is 9.59 Å². The van der Waals surface area contributed by atoms with Crippen LogP contribution in [0.2, 0.25) is 0 Å². The number of benzene rings is 2. The molecule has 2 aliphatic carbocycles. The van der Waals surface area contributed by atoms with E-state index in [4.69, 9.17) is 4.74 Å². The molecule has 0 spiro atoms. The summed E-state index contributed by atoms with van der Waals surface area (Å²) in [5, 5.41) is 12.0. The van der Waals surface area contributed by atoms with Crippen LogP contribution < -0.4 is 5.32 Å². The van der Waals surface area contributed by atoms with E-state index in [1.54, 1.807) is 0 Å². The van der Waals surface area contributed by atoms with E-state index < -0.39 is 18.1 Å². The molecule has 0 bridgehead atoms. The van der Waals surface area contributed by atoms with Crippen molar-refractivity contribution in [3.8, 4) is 11.1 Å². The molecule has 0 aromatic heterocycles. The largest absolute Gasteiger partial charge is 0.480 e. The molecule has 2 N–H and O–H groups in total. The molecule has 1 fully saturated rings. The quantitative estimate of drug-likeness (QED) is 0.668. The number of likely N-dealkylation sites (N-methyl/N-ethyl adjacent to an activating group) is 1. The van der Waals surface area contributed by atoms with E-state index >= 15 is 0 Å². The van der Waals surface area contributed by atoms with E-state index in [0.29, 0.717) is 13.0 Å². The maximum Gasteiger partial charge on any atom is 0.407 e. The van der Waals surface area contributed by atoms with Crippen LogP contribution in [0.25, 0.3) is 11.1 Å². The Kier molecular flexibility index (Phi) is 6.67. The van der Waals surface area contributed by atoms with Gasteiger partial charge in [-0.2, -0.15) is 0 Å².